The topological polar surface area (TPSA) is 67.4 Å². The summed E-state index contributed by atoms with van der Waals surface area (Å²) in [6.45, 7) is 3.12. The molecule has 0 aromatic carbocycles. The molecule has 1 aromatic heterocycles. The van der Waals surface area contributed by atoms with Crippen LogP contribution in [0.25, 0.3) is 0 Å². The largest absolute Gasteiger partial charge is 0.379 e. The zero-order valence-corrected chi connectivity index (χ0v) is 11.0. The third kappa shape index (κ3) is 3.30. The normalized spacial score (nSPS) is 22.7. The molecular formula is C12H16N2O3S. The van der Waals surface area contributed by atoms with Crippen molar-refractivity contribution < 1.29 is 14.3 Å². The average molecular weight is 268 g/mol. The van der Waals surface area contributed by atoms with Gasteiger partial charge in [-0.1, -0.05) is 0 Å². The van der Waals surface area contributed by atoms with Gasteiger partial charge in [0.15, 0.2) is 0 Å². The minimum absolute atomic E-state index is 0.00965. The first kappa shape index (κ1) is 13.0. The Morgan fingerprint density at radius 2 is 2.39 bits per heavy atom. The molecule has 2 heterocycles. The van der Waals surface area contributed by atoms with Crippen molar-refractivity contribution in [2.24, 2.45) is 0 Å². The van der Waals surface area contributed by atoms with Crippen LogP contribution in [0.15, 0.2) is 16.8 Å². The lowest BCUT2D eigenvalue weighted by Crippen LogP contribution is -2.49. The summed E-state index contributed by atoms with van der Waals surface area (Å²) in [5.74, 6) is -0.411. The first-order valence-corrected chi connectivity index (χ1v) is 6.72. The number of ether oxygens (including phenoxy) is 1. The van der Waals surface area contributed by atoms with Crippen molar-refractivity contribution in [2.75, 3.05) is 19.8 Å². The van der Waals surface area contributed by atoms with Crippen LogP contribution in [0.2, 0.25) is 0 Å². The number of thiophene rings is 1. The lowest BCUT2D eigenvalue weighted by molar-refractivity contribution is -0.121. The van der Waals surface area contributed by atoms with E-state index in [9.17, 15) is 9.59 Å². The van der Waals surface area contributed by atoms with Crippen LogP contribution in [0.1, 0.15) is 23.7 Å². The van der Waals surface area contributed by atoms with Gasteiger partial charge < -0.3 is 15.4 Å². The lowest BCUT2D eigenvalue weighted by Gasteiger charge is -2.23. The highest BCUT2D eigenvalue weighted by Crippen LogP contribution is 2.16. The predicted octanol–water partition coefficient (Wildman–Crippen LogP) is 0.773. The van der Waals surface area contributed by atoms with Crippen molar-refractivity contribution in [1.82, 2.24) is 10.6 Å². The third-order valence-electron chi connectivity index (χ3n) is 2.85. The van der Waals surface area contributed by atoms with Gasteiger partial charge in [-0.05, 0) is 24.8 Å². The second kappa shape index (κ2) is 5.49. The number of hydrogen-bond donors (Lipinski definition) is 2. The molecule has 98 valence electrons. The molecule has 5 nitrogen and oxygen atoms in total. The summed E-state index contributed by atoms with van der Waals surface area (Å²) in [5.41, 5.74) is 0.285. The highest BCUT2D eigenvalue weighted by atomic mass is 32.1. The van der Waals surface area contributed by atoms with E-state index in [4.69, 9.17) is 4.74 Å². The Bertz CT molecular complexity index is 425. The highest BCUT2D eigenvalue weighted by molar-refractivity contribution is 7.08. The molecule has 0 spiro atoms. The average Bonchev–Trinajstić information content (AvgIpc) is 2.97. The first-order valence-electron chi connectivity index (χ1n) is 5.78. The van der Waals surface area contributed by atoms with Gasteiger partial charge in [0.1, 0.15) is 0 Å². The smallest absolute Gasteiger partial charge is 0.252 e. The van der Waals surface area contributed by atoms with E-state index in [2.05, 4.69) is 10.6 Å². The number of amides is 2. The number of hydrogen-bond acceptors (Lipinski definition) is 4. The van der Waals surface area contributed by atoms with Gasteiger partial charge in [-0.2, -0.15) is 11.3 Å². The first-order chi connectivity index (χ1) is 8.59. The van der Waals surface area contributed by atoms with Crippen LogP contribution in [0.4, 0.5) is 0 Å². The van der Waals surface area contributed by atoms with E-state index in [1.807, 2.05) is 12.3 Å². The van der Waals surface area contributed by atoms with Crippen LogP contribution in [0.3, 0.4) is 0 Å². The van der Waals surface area contributed by atoms with E-state index >= 15 is 0 Å². The fourth-order valence-corrected chi connectivity index (χ4v) is 2.44. The van der Waals surface area contributed by atoms with Crippen LogP contribution in [-0.2, 0) is 9.53 Å². The van der Waals surface area contributed by atoms with Gasteiger partial charge in [-0.25, -0.2) is 0 Å². The number of carbonyl (C=O) groups excluding carboxylic acids is 2. The van der Waals surface area contributed by atoms with Crippen molar-refractivity contribution >= 4 is 23.2 Å². The maximum absolute atomic E-state index is 11.7. The second-order valence-corrected chi connectivity index (χ2v) is 5.39. The molecule has 1 atom stereocenters. The van der Waals surface area contributed by atoms with Crippen molar-refractivity contribution in [3.8, 4) is 0 Å². The Kier molecular flexibility index (Phi) is 3.98. The van der Waals surface area contributed by atoms with Gasteiger partial charge in [-0.15, -0.1) is 0 Å². The summed E-state index contributed by atoms with van der Waals surface area (Å²) in [4.78, 5) is 23.3. The summed E-state index contributed by atoms with van der Waals surface area (Å²) >= 11 is 1.45. The Hall–Kier alpha value is -1.40. The van der Waals surface area contributed by atoms with E-state index in [0.717, 1.165) is 6.42 Å². The van der Waals surface area contributed by atoms with Crippen LogP contribution >= 0.6 is 11.3 Å². The molecule has 18 heavy (non-hydrogen) atoms. The van der Waals surface area contributed by atoms with Gasteiger partial charge >= 0.3 is 0 Å². The molecule has 2 amide bonds. The molecule has 6 heteroatoms. The predicted molar refractivity (Wildman–Crippen MR) is 68.6 cm³/mol. The Morgan fingerprint density at radius 3 is 3.00 bits per heavy atom. The monoisotopic (exact) mass is 268 g/mol. The molecule has 0 saturated carbocycles. The molecule has 0 aliphatic carbocycles. The number of carbonyl (C=O) groups is 2. The van der Waals surface area contributed by atoms with Crippen molar-refractivity contribution in [3.63, 3.8) is 0 Å². The maximum Gasteiger partial charge on any atom is 0.252 e. The fourth-order valence-electron chi connectivity index (χ4n) is 1.80. The highest BCUT2D eigenvalue weighted by Gasteiger charge is 2.31. The van der Waals surface area contributed by atoms with Gasteiger partial charge in [0.25, 0.3) is 5.91 Å². The molecule has 0 radical (unpaired) electrons. The zero-order chi connectivity index (χ0) is 13.0. The summed E-state index contributed by atoms with van der Waals surface area (Å²) < 4.78 is 5.24. The van der Waals surface area contributed by atoms with Crippen molar-refractivity contribution in [1.29, 1.82) is 0 Å². The van der Waals surface area contributed by atoms with E-state index in [1.54, 1.807) is 11.4 Å². The second-order valence-electron chi connectivity index (χ2n) is 4.61. The van der Waals surface area contributed by atoms with E-state index < -0.39 is 0 Å². The molecule has 1 aliphatic rings. The van der Waals surface area contributed by atoms with Crippen LogP contribution < -0.4 is 10.6 Å². The maximum atomic E-state index is 11.7. The molecule has 0 unspecified atom stereocenters. The molecular weight excluding hydrogens is 252 g/mol. The molecule has 2 N–H and O–H groups in total. The minimum atomic E-state index is -0.301. The van der Waals surface area contributed by atoms with Gasteiger partial charge in [-0.3, -0.25) is 9.59 Å². The fraction of sp³-hybridized carbons (Fsp3) is 0.500. The van der Waals surface area contributed by atoms with Crippen LogP contribution in [0, 0.1) is 0 Å². The van der Waals surface area contributed by atoms with Gasteiger partial charge in [0.2, 0.25) is 5.91 Å². The molecule has 1 aromatic rings. The number of nitrogens with one attached hydrogen (secondary N) is 2. The van der Waals surface area contributed by atoms with Crippen LogP contribution in [0.5, 0.6) is 0 Å². The van der Waals surface area contributed by atoms with Crippen molar-refractivity contribution in [3.05, 3.63) is 22.4 Å². The standard InChI is InChI=1S/C12H16N2O3S/c1-12(3-4-17-8-12)14-10(15)6-13-11(16)9-2-5-18-7-9/h2,5,7H,3-4,6,8H2,1H3,(H,13,16)(H,14,15)/t12-/m1/s1. The van der Waals surface area contributed by atoms with E-state index in [0.29, 0.717) is 18.8 Å². The van der Waals surface area contributed by atoms with Crippen molar-refractivity contribution in [2.45, 2.75) is 18.9 Å². The SMILES string of the molecule is C[C@@]1(NC(=O)CNC(=O)c2ccsc2)CCOC1. The zero-order valence-electron chi connectivity index (χ0n) is 10.2. The summed E-state index contributed by atoms with van der Waals surface area (Å²) in [6.07, 6.45) is 0.803. The van der Waals surface area contributed by atoms with Gasteiger partial charge in [0, 0.05) is 17.6 Å². The minimum Gasteiger partial charge on any atom is -0.379 e. The van der Waals surface area contributed by atoms with E-state index in [-0.39, 0.29) is 23.9 Å². The molecule has 1 saturated heterocycles. The third-order valence-corrected chi connectivity index (χ3v) is 3.54. The number of rotatable bonds is 4. The summed E-state index contributed by atoms with van der Waals surface area (Å²) in [5, 5.41) is 9.05. The Balaban J connectivity index is 1.76. The van der Waals surface area contributed by atoms with Gasteiger partial charge in [0.05, 0.1) is 18.7 Å². The summed E-state index contributed by atoms with van der Waals surface area (Å²) in [7, 11) is 0. The quantitative estimate of drug-likeness (QED) is 0.847. The molecule has 1 aliphatic heterocycles. The molecule has 0 bridgehead atoms. The van der Waals surface area contributed by atoms with E-state index in [1.165, 1.54) is 11.3 Å². The Morgan fingerprint density at radius 1 is 1.56 bits per heavy atom. The summed E-state index contributed by atoms with van der Waals surface area (Å²) in [6, 6.07) is 1.73. The Labute approximate surface area is 110 Å². The molecule has 1 fully saturated rings. The molecule has 2 rings (SSSR count). The van der Waals surface area contributed by atoms with Crippen LogP contribution in [-0.4, -0.2) is 37.1 Å². The lowest BCUT2D eigenvalue weighted by atomic mass is 10.0.